The van der Waals surface area contributed by atoms with Gasteiger partial charge in [0, 0.05) is 23.1 Å². The summed E-state index contributed by atoms with van der Waals surface area (Å²) in [6, 6.07) is 18.1. The predicted octanol–water partition coefficient (Wildman–Crippen LogP) is 4.32. The first-order valence-electron chi connectivity index (χ1n) is 7.91. The molecule has 0 spiro atoms. The summed E-state index contributed by atoms with van der Waals surface area (Å²) >= 11 is 1.62. The number of carbonyl (C=O) groups is 1. The molecule has 1 heterocycles. The van der Waals surface area contributed by atoms with Crippen molar-refractivity contribution in [2.24, 2.45) is 0 Å². The summed E-state index contributed by atoms with van der Waals surface area (Å²) in [6.45, 7) is 2.49. The maximum Gasteiger partial charge on any atom is 0.234 e. The number of amides is 1. The van der Waals surface area contributed by atoms with Crippen LogP contribution in [0.15, 0.2) is 53.9 Å². The lowest BCUT2D eigenvalue weighted by molar-refractivity contribution is -0.120. The van der Waals surface area contributed by atoms with Crippen molar-refractivity contribution >= 4 is 17.2 Å². The standard InChI is InChI=1S/C20H17N3OS/c1-14-2-6-16(7-3-14)18-13-25-20(23-18)17-8-4-15(5-9-17)12-22-19(24)10-11-21/h2-9,13H,10,12H2,1H3,(H,22,24). The molecule has 1 amide bonds. The van der Waals surface area contributed by atoms with Crippen molar-refractivity contribution in [2.75, 3.05) is 0 Å². The minimum Gasteiger partial charge on any atom is -0.351 e. The Bertz CT molecular complexity index is 905. The molecule has 0 bridgehead atoms. The van der Waals surface area contributed by atoms with Gasteiger partial charge in [0.05, 0.1) is 11.8 Å². The fourth-order valence-corrected chi connectivity index (χ4v) is 3.20. The second kappa shape index (κ2) is 7.73. The fraction of sp³-hybridized carbons (Fsp3) is 0.150. The number of hydrogen-bond acceptors (Lipinski definition) is 4. The number of aromatic nitrogens is 1. The van der Waals surface area contributed by atoms with E-state index in [2.05, 4.69) is 41.9 Å². The zero-order valence-electron chi connectivity index (χ0n) is 13.8. The molecule has 3 aromatic rings. The van der Waals surface area contributed by atoms with E-state index >= 15 is 0 Å². The highest BCUT2D eigenvalue weighted by molar-refractivity contribution is 7.13. The van der Waals surface area contributed by atoms with Gasteiger partial charge in [0.25, 0.3) is 0 Å². The summed E-state index contributed by atoms with van der Waals surface area (Å²) in [4.78, 5) is 16.0. The van der Waals surface area contributed by atoms with Gasteiger partial charge in [-0.1, -0.05) is 54.1 Å². The molecule has 0 saturated carbocycles. The van der Waals surface area contributed by atoms with Gasteiger partial charge in [-0.05, 0) is 12.5 Å². The molecule has 4 nitrogen and oxygen atoms in total. The van der Waals surface area contributed by atoms with Crippen LogP contribution >= 0.6 is 11.3 Å². The first-order chi connectivity index (χ1) is 12.2. The maximum absolute atomic E-state index is 11.3. The Morgan fingerprint density at radius 3 is 2.48 bits per heavy atom. The number of hydrogen-bond donors (Lipinski definition) is 1. The number of nitrogens with one attached hydrogen (secondary N) is 1. The molecule has 5 heteroatoms. The van der Waals surface area contributed by atoms with Gasteiger partial charge in [-0.2, -0.15) is 5.26 Å². The van der Waals surface area contributed by atoms with Crippen LogP contribution in [0, 0.1) is 18.3 Å². The summed E-state index contributed by atoms with van der Waals surface area (Å²) < 4.78 is 0. The van der Waals surface area contributed by atoms with Crippen LogP contribution in [-0.2, 0) is 11.3 Å². The van der Waals surface area contributed by atoms with E-state index in [1.54, 1.807) is 11.3 Å². The zero-order chi connectivity index (χ0) is 17.6. The van der Waals surface area contributed by atoms with E-state index in [0.29, 0.717) is 6.54 Å². The van der Waals surface area contributed by atoms with Crippen molar-refractivity contribution in [1.82, 2.24) is 10.3 Å². The molecule has 0 radical (unpaired) electrons. The lowest BCUT2D eigenvalue weighted by Crippen LogP contribution is -2.21. The van der Waals surface area contributed by atoms with Crippen molar-refractivity contribution in [3.63, 3.8) is 0 Å². The summed E-state index contributed by atoms with van der Waals surface area (Å²) in [6.07, 6.45) is -0.112. The molecule has 124 valence electrons. The summed E-state index contributed by atoms with van der Waals surface area (Å²) in [5, 5.41) is 14.2. The summed E-state index contributed by atoms with van der Waals surface area (Å²) in [5.74, 6) is -0.255. The largest absolute Gasteiger partial charge is 0.351 e. The number of aryl methyl sites for hydroxylation is 1. The third-order valence-corrected chi connectivity index (χ3v) is 4.67. The summed E-state index contributed by atoms with van der Waals surface area (Å²) in [5.41, 5.74) is 5.37. The van der Waals surface area contributed by atoms with Crippen LogP contribution in [0.5, 0.6) is 0 Å². The minimum atomic E-state index is -0.255. The summed E-state index contributed by atoms with van der Waals surface area (Å²) in [7, 11) is 0. The Morgan fingerprint density at radius 2 is 1.80 bits per heavy atom. The first kappa shape index (κ1) is 16.9. The fourth-order valence-electron chi connectivity index (χ4n) is 2.36. The van der Waals surface area contributed by atoms with E-state index in [4.69, 9.17) is 10.2 Å². The number of benzene rings is 2. The number of nitriles is 1. The van der Waals surface area contributed by atoms with E-state index in [1.807, 2.05) is 30.3 Å². The Hall–Kier alpha value is -2.97. The Labute approximate surface area is 150 Å². The quantitative estimate of drug-likeness (QED) is 0.747. The number of carbonyl (C=O) groups excluding carboxylic acids is 1. The van der Waals surface area contributed by atoms with E-state index in [9.17, 15) is 4.79 Å². The zero-order valence-corrected chi connectivity index (χ0v) is 14.6. The SMILES string of the molecule is Cc1ccc(-c2csc(-c3ccc(CNC(=O)CC#N)cc3)n2)cc1. The van der Waals surface area contributed by atoms with Crippen molar-refractivity contribution < 1.29 is 4.79 Å². The molecular weight excluding hydrogens is 330 g/mol. The lowest BCUT2D eigenvalue weighted by Gasteiger charge is -2.04. The van der Waals surface area contributed by atoms with E-state index < -0.39 is 0 Å². The smallest absolute Gasteiger partial charge is 0.234 e. The van der Waals surface area contributed by atoms with Gasteiger partial charge in [-0.3, -0.25) is 4.79 Å². The van der Waals surface area contributed by atoms with E-state index in [0.717, 1.165) is 27.4 Å². The van der Waals surface area contributed by atoms with Crippen molar-refractivity contribution in [2.45, 2.75) is 19.9 Å². The van der Waals surface area contributed by atoms with E-state index in [-0.39, 0.29) is 12.3 Å². The monoisotopic (exact) mass is 347 g/mol. The number of rotatable bonds is 5. The first-order valence-corrected chi connectivity index (χ1v) is 8.79. The minimum absolute atomic E-state index is 0.112. The van der Waals surface area contributed by atoms with Crippen LogP contribution < -0.4 is 5.32 Å². The van der Waals surface area contributed by atoms with Crippen LogP contribution in [0.2, 0.25) is 0 Å². The molecule has 0 fully saturated rings. The average Bonchev–Trinajstić information content (AvgIpc) is 3.11. The van der Waals surface area contributed by atoms with Crippen LogP contribution in [0.4, 0.5) is 0 Å². The highest BCUT2D eigenvalue weighted by atomic mass is 32.1. The van der Waals surface area contributed by atoms with Crippen molar-refractivity contribution in [3.05, 3.63) is 65.0 Å². The topological polar surface area (TPSA) is 65.8 Å². The molecule has 2 aromatic carbocycles. The average molecular weight is 347 g/mol. The molecule has 25 heavy (non-hydrogen) atoms. The van der Waals surface area contributed by atoms with Crippen LogP contribution in [0.1, 0.15) is 17.5 Å². The molecule has 1 aromatic heterocycles. The maximum atomic E-state index is 11.3. The molecule has 0 unspecified atom stereocenters. The van der Waals surface area contributed by atoms with Crippen LogP contribution in [0.3, 0.4) is 0 Å². The third kappa shape index (κ3) is 4.31. The normalized spacial score (nSPS) is 10.2. The molecule has 0 saturated heterocycles. The van der Waals surface area contributed by atoms with Gasteiger partial charge < -0.3 is 5.32 Å². The molecule has 0 aliphatic carbocycles. The van der Waals surface area contributed by atoms with Gasteiger partial charge in [0.2, 0.25) is 5.91 Å². The van der Waals surface area contributed by atoms with Gasteiger partial charge in [0.1, 0.15) is 11.4 Å². The number of thiazole rings is 1. The van der Waals surface area contributed by atoms with Crippen LogP contribution in [-0.4, -0.2) is 10.9 Å². The Balaban J connectivity index is 1.69. The lowest BCUT2D eigenvalue weighted by atomic mass is 10.1. The Morgan fingerprint density at radius 1 is 1.12 bits per heavy atom. The van der Waals surface area contributed by atoms with Gasteiger partial charge >= 0.3 is 0 Å². The second-order valence-electron chi connectivity index (χ2n) is 5.71. The van der Waals surface area contributed by atoms with Gasteiger partial charge in [-0.25, -0.2) is 4.98 Å². The highest BCUT2D eigenvalue weighted by Gasteiger charge is 2.07. The molecule has 0 aliphatic rings. The van der Waals surface area contributed by atoms with Crippen LogP contribution in [0.25, 0.3) is 21.8 Å². The molecule has 3 rings (SSSR count). The molecule has 0 aliphatic heterocycles. The van der Waals surface area contributed by atoms with Gasteiger partial charge in [-0.15, -0.1) is 11.3 Å². The van der Waals surface area contributed by atoms with Crippen molar-refractivity contribution in [1.29, 1.82) is 5.26 Å². The Kier molecular flexibility index (Phi) is 5.22. The molecule has 0 atom stereocenters. The predicted molar refractivity (Wildman–Crippen MR) is 99.8 cm³/mol. The van der Waals surface area contributed by atoms with Gasteiger partial charge in [0.15, 0.2) is 0 Å². The highest BCUT2D eigenvalue weighted by Crippen LogP contribution is 2.29. The third-order valence-electron chi connectivity index (χ3n) is 3.78. The second-order valence-corrected chi connectivity index (χ2v) is 6.57. The molecular formula is C20H17N3OS. The van der Waals surface area contributed by atoms with E-state index in [1.165, 1.54) is 5.56 Å². The number of nitrogens with zero attached hydrogens (tertiary/aromatic N) is 2. The van der Waals surface area contributed by atoms with Crippen molar-refractivity contribution in [3.8, 4) is 27.9 Å². The molecule has 1 N–H and O–H groups in total.